The van der Waals surface area contributed by atoms with Crippen molar-refractivity contribution in [3.63, 3.8) is 0 Å². The van der Waals surface area contributed by atoms with Crippen LogP contribution in [0.25, 0.3) is 0 Å². The summed E-state index contributed by atoms with van der Waals surface area (Å²) in [5, 5.41) is -0.573. The van der Waals surface area contributed by atoms with Gasteiger partial charge in [0, 0.05) is 12.5 Å². The van der Waals surface area contributed by atoms with Crippen molar-refractivity contribution >= 4 is 19.9 Å². The highest BCUT2D eigenvalue weighted by Gasteiger charge is 2.61. The molecule has 0 radical (unpaired) electrons. The van der Waals surface area contributed by atoms with Crippen molar-refractivity contribution < 1.29 is 31.0 Å². The van der Waals surface area contributed by atoms with Crippen LogP contribution in [-0.4, -0.2) is 59.5 Å². The normalized spacial score (nSPS) is 29.1. The Labute approximate surface area is 213 Å². The molecule has 3 aliphatic rings. The maximum absolute atomic E-state index is 13.8. The van der Waals surface area contributed by atoms with E-state index in [0.717, 1.165) is 25.7 Å². The molecule has 3 fully saturated rings. The number of benzene rings is 2. The third-order valence-electron chi connectivity index (χ3n) is 8.17. The van der Waals surface area contributed by atoms with Crippen molar-refractivity contribution in [2.24, 2.45) is 11.8 Å². The lowest BCUT2D eigenvalue weighted by molar-refractivity contribution is -0.146. The van der Waals surface area contributed by atoms with Crippen molar-refractivity contribution in [1.29, 1.82) is 0 Å². The number of fused-ring (bicyclic) bond motifs is 2. The van der Waals surface area contributed by atoms with Gasteiger partial charge in [0.15, 0.2) is 9.84 Å². The molecule has 1 aliphatic heterocycles. The number of sulfonamides is 1. The molecule has 36 heavy (non-hydrogen) atoms. The summed E-state index contributed by atoms with van der Waals surface area (Å²) in [6.07, 6.45) is 4.04. The first-order chi connectivity index (χ1) is 17.2. The summed E-state index contributed by atoms with van der Waals surface area (Å²) in [5.41, 5.74) is -1.02. The quantitative estimate of drug-likeness (QED) is 0.554. The summed E-state index contributed by atoms with van der Waals surface area (Å²) in [6, 6.07) is 12.9. The average molecular weight is 536 g/mol. The van der Waals surface area contributed by atoms with Crippen molar-refractivity contribution in [3.05, 3.63) is 48.5 Å². The number of rotatable bonds is 6. The molecule has 10 heteroatoms. The van der Waals surface area contributed by atoms with Crippen LogP contribution in [0.4, 0.5) is 0 Å². The van der Waals surface area contributed by atoms with E-state index >= 15 is 0 Å². The van der Waals surface area contributed by atoms with Gasteiger partial charge in [0.1, 0.15) is 17.2 Å². The zero-order valence-electron chi connectivity index (χ0n) is 20.6. The number of sulfone groups is 1. The number of ether oxygens (including phenoxy) is 3. The minimum atomic E-state index is -3.85. The summed E-state index contributed by atoms with van der Waals surface area (Å²) < 4.78 is 73.4. The van der Waals surface area contributed by atoms with E-state index in [1.165, 1.54) is 11.4 Å². The number of hydrogen-bond donors (Lipinski definition) is 0. The second-order valence-corrected chi connectivity index (χ2v) is 13.8. The van der Waals surface area contributed by atoms with Gasteiger partial charge in [0.25, 0.3) is 0 Å². The summed E-state index contributed by atoms with van der Waals surface area (Å²) >= 11 is 0. The van der Waals surface area contributed by atoms with Gasteiger partial charge in [0.05, 0.1) is 35.9 Å². The van der Waals surface area contributed by atoms with Crippen molar-refractivity contribution in [2.75, 3.05) is 27.4 Å². The fourth-order valence-electron chi connectivity index (χ4n) is 6.49. The second kappa shape index (κ2) is 9.63. The Morgan fingerprint density at radius 3 is 2.03 bits per heavy atom. The van der Waals surface area contributed by atoms with Gasteiger partial charge in [0.2, 0.25) is 10.0 Å². The topological polar surface area (TPSA) is 99.2 Å². The largest absolute Gasteiger partial charge is 0.497 e. The van der Waals surface area contributed by atoms with Crippen LogP contribution in [0, 0.1) is 11.8 Å². The first-order valence-corrected chi connectivity index (χ1v) is 15.4. The zero-order valence-corrected chi connectivity index (χ0v) is 22.3. The van der Waals surface area contributed by atoms with Crippen LogP contribution in [0.15, 0.2) is 58.3 Å². The molecule has 4 atom stereocenters. The van der Waals surface area contributed by atoms with Crippen molar-refractivity contribution in [2.45, 2.75) is 59.3 Å². The highest BCUT2D eigenvalue weighted by Crippen LogP contribution is 2.54. The molecule has 1 heterocycles. The molecule has 1 spiro atoms. The highest BCUT2D eigenvalue weighted by atomic mass is 32.2. The van der Waals surface area contributed by atoms with Crippen LogP contribution in [0.3, 0.4) is 0 Å². The van der Waals surface area contributed by atoms with Crippen molar-refractivity contribution in [3.8, 4) is 11.5 Å². The van der Waals surface area contributed by atoms with Crippen LogP contribution in [-0.2, 0) is 24.6 Å². The molecule has 0 aromatic heterocycles. The van der Waals surface area contributed by atoms with Gasteiger partial charge in [-0.25, -0.2) is 16.8 Å². The maximum Gasteiger partial charge on any atom is 0.245 e. The van der Waals surface area contributed by atoms with E-state index in [2.05, 4.69) is 0 Å². The fraction of sp³-hybridized carbons (Fsp3) is 0.538. The van der Waals surface area contributed by atoms with Gasteiger partial charge < -0.3 is 14.2 Å². The van der Waals surface area contributed by atoms with Gasteiger partial charge in [-0.2, -0.15) is 4.31 Å². The Bertz CT molecular complexity index is 1290. The summed E-state index contributed by atoms with van der Waals surface area (Å²) in [6.45, 7) is 0.558. The van der Waals surface area contributed by atoms with E-state index in [4.69, 9.17) is 14.2 Å². The first kappa shape index (κ1) is 25.5. The molecule has 2 aromatic carbocycles. The molecule has 0 amide bonds. The standard InChI is InChI=1S/C26H33NO7S2/c1-32-19-7-11-21(12-8-19)35(28,29)25-15-16-26(24-6-4-3-5-23(24)25)27(17-18-34-26)36(30,31)22-13-9-20(33-2)10-14-22/h7-14,23-25H,3-6,15-18H2,1-2H3. The third kappa shape index (κ3) is 4.12. The smallest absolute Gasteiger partial charge is 0.245 e. The SMILES string of the molecule is COc1ccc(S(=O)(=O)C2CCC3(OCCN3S(=O)(=O)c3ccc(OC)cc3)C3CCCCC32)cc1. The molecule has 2 saturated carbocycles. The van der Waals surface area contributed by atoms with Gasteiger partial charge in [-0.05, 0) is 80.1 Å². The van der Waals surface area contributed by atoms with Gasteiger partial charge in [-0.15, -0.1) is 0 Å². The maximum atomic E-state index is 13.8. The average Bonchev–Trinajstić information content (AvgIpc) is 3.34. The molecule has 0 N–H and O–H groups in total. The number of nitrogens with zero attached hydrogens (tertiary/aromatic N) is 1. The van der Waals surface area contributed by atoms with E-state index in [0.29, 0.717) is 30.9 Å². The predicted octanol–water partition coefficient (Wildman–Crippen LogP) is 3.86. The Kier molecular flexibility index (Phi) is 6.82. The van der Waals surface area contributed by atoms with E-state index < -0.39 is 30.8 Å². The van der Waals surface area contributed by atoms with Gasteiger partial charge >= 0.3 is 0 Å². The van der Waals surface area contributed by atoms with Crippen LogP contribution in [0.1, 0.15) is 38.5 Å². The minimum Gasteiger partial charge on any atom is -0.497 e. The minimum absolute atomic E-state index is 0.175. The molecule has 2 aromatic rings. The van der Waals surface area contributed by atoms with E-state index in [1.807, 2.05) is 0 Å². The Hall–Kier alpha value is -2.14. The molecular formula is C26H33NO7S2. The second-order valence-electron chi connectivity index (χ2n) is 9.80. The molecule has 4 unspecified atom stereocenters. The van der Waals surface area contributed by atoms with Crippen LogP contribution < -0.4 is 9.47 Å². The molecule has 8 nitrogen and oxygen atoms in total. The first-order valence-electron chi connectivity index (χ1n) is 12.4. The molecule has 0 bridgehead atoms. The van der Waals surface area contributed by atoms with Crippen LogP contribution in [0.5, 0.6) is 11.5 Å². The summed E-state index contributed by atoms with van der Waals surface area (Å²) in [5.74, 6) is 0.823. The van der Waals surface area contributed by atoms with Gasteiger partial charge in [-0.1, -0.05) is 12.8 Å². The lowest BCUT2D eigenvalue weighted by Crippen LogP contribution is -2.61. The molecule has 2 aliphatic carbocycles. The number of methoxy groups -OCH3 is 2. The molecular weight excluding hydrogens is 502 g/mol. The van der Waals surface area contributed by atoms with Gasteiger partial charge in [-0.3, -0.25) is 0 Å². The van der Waals surface area contributed by atoms with E-state index in [1.54, 1.807) is 55.6 Å². The highest BCUT2D eigenvalue weighted by molar-refractivity contribution is 7.92. The summed E-state index contributed by atoms with van der Waals surface area (Å²) in [4.78, 5) is 0.470. The predicted molar refractivity (Wildman–Crippen MR) is 134 cm³/mol. The Morgan fingerprint density at radius 1 is 0.833 bits per heavy atom. The monoisotopic (exact) mass is 535 g/mol. The molecule has 5 rings (SSSR count). The van der Waals surface area contributed by atoms with Crippen LogP contribution >= 0.6 is 0 Å². The van der Waals surface area contributed by atoms with E-state index in [9.17, 15) is 16.8 Å². The lowest BCUT2D eigenvalue weighted by Gasteiger charge is -2.53. The summed E-state index contributed by atoms with van der Waals surface area (Å²) in [7, 11) is -4.37. The fourth-order valence-corrected chi connectivity index (χ4v) is 10.3. The molecule has 196 valence electrons. The molecule has 1 saturated heterocycles. The van der Waals surface area contributed by atoms with Crippen molar-refractivity contribution in [1.82, 2.24) is 4.31 Å². The Balaban J connectivity index is 1.49. The van der Waals surface area contributed by atoms with E-state index in [-0.39, 0.29) is 28.2 Å². The zero-order chi connectivity index (χ0) is 25.6. The lowest BCUT2D eigenvalue weighted by atomic mass is 9.66. The van der Waals surface area contributed by atoms with Crippen LogP contribution in [0.2, 0.25) is 0 Å². The number of hydrogen-bond acceptors (Lipinski definition) is 7. The third-order valence-corrected chi connectivity index (χ3v) is 12.4. The Morgan fingerprint density at radius 2 is 1.42 bits per heavy atom.